The lowest BCUT2D eigenvalue weighted by molar-refractivity contribution is 0.104. The SMILES string of the molecule is CSc1cccc(Oc2ncc(F)cc2C(=O)/C=C/C2CCC(CO)CC2)c1. The summed E-state index contributed by atoms with van der Waals surface area (Å²) in [5, 5.41) is 9.22. The standard InChI is InChI=1S/C22H24FNO3S/c1-28-19-4-2-3-18(12-19)27-22-20(11-17(23)13-24-22)21(26)10-9-15-5-7-16(14-25)8-6-15/h2-4,9-13,15-16,25H,5-8,14H2,1H3/b10-9+. The topological polar surface area (TPSA) is 59.4 Å². The van der Waals surface area contributed by atoms with Crippen molar-refractivity contribution in [3.63, 3.8) is 0 Å². The molecule has 0 saturated heterocycles. The van der Waals surface area contributed by atoms with E-state index in [-0.39, 0.29) is 23.8 Å². The largest absolute Gasteiger partial charge is 0.438 e. The number of pyridine rings is 1. The molecule has 1 aliphatic rings. The second-order valence-corrected chi connectivity index (χ2v) is 7.85. The number of carbonyl (C=O) groups excluding carboxylic acids is 1. The van der Waals surface area contributed by atoms with Crippen LogP contribution < -0.4 is 4.74 Å². The van der Waals surface area contributed by atoms with Gasteiger partial charge >= 0.3 is 0 Å². The highest BCUT2D eigenvalue weighted by molar-refractivity contribution is 7.98. The van der Waals surface area contributed by atoms with E-state index < -0.39 is 5.82 Å². The molecule has 3 rings (SSSR count). The predicted octanol–water partition coefficient (Wildman–Crippen LogP) is 5.27. The molecule has 6 heteroatoms. The van der Waals surface area contributed by atoms with Gasteiger partial charge in [-0.3, -0.25) is 4.79 Å². The van der Waals surface area contributed by atoms with E-state index in [1.165, 1.54) is 6.08 Å². The summed E-state index contributed by atoms with van der Waals surface area (Å²) in [6.07, 6.45) is 10.2. The Morgan fingerprint density at radius 3 is 2.82 bits per heavy atom. The van der Waals surface area contributed by atoms with Crippen molar-refractivity contribution in [2.45, 2.75) is 30.6 Å². The molecule has 1 N–H and O–H groups in total. The zero-order chi connectivity index (χ0) is 19.9. The molecule has 0 unspecified atom stereocenters. The number of rotatable bonds is 7. The molecule has 0 amide bonds. The van der Waals surface area contributed by atoms with Crippen LogP contribution >= 0.6 is 11.8 Å². The highest BCUT2D eigenvalue weighted by Gasteiger charge is 2.20. The van der Waals surface area contributed by atoms with Gasteiger partial charge in [0.15, 0.2) is 5.78 Å². The van der Waals surface area contributed by atoms with Gasteiger partial charge < -0.3 is 9.84 Å². The number of aromatic nitrogens is 1. The maximum Gasteiger partial charge on any atom is 0.230 e. The smallest absolute Gasteiger partial charge is 0.230 e. The average Bonchev–Trinajstić information content (AvgIpc) is 2.73. The summed E-state index contributed by atoms with van der Waals surface area (Å²) in [5.41, 5.74) is 0.106. The number of halogens is 1. The molecular formula is C22H24FNO3S. The molecule has 28 heavy (non-hydrogen) atoms. The van der Waals surface area contributed by atoms with Gasteiger partial charge in [-0.1, -0.05) is 12.1 Å². The molecule has 0 radical (unpaired) electrons. The van der Waals surface area contributed by atoms with Crippen molar-refractivity contribution < 1.29 is 19.0 Å². The molecule has 1 heterocycles. The Kier molecular flexibility index (Phi) is 7.23. The number of hydrogen-bond donors (Lipinski definition) is 1. The van der Waals surface area contributed by atoms with E-state index in [9.17, 15) is 14.3 Å². The lowest BCUT2D eigenvalue weighted by atomic mass is 9.82. The quantitative estimate of drug-likeness (QED) is 0.389. The van der Waals surface area contributed by atoms with Crippen molar-refractivity contribution in [2.75, 3.05) is 12.9 Å². The van der Waals surface area contributed by atoms with Gasteiger partial charge in [0.05, 0.1) is 11.8 Å². The van der Waals surface area contributed by atoms with Crippen LogP contribution in [0.4, 0.5) is 4.39 Å². The molecule has 0 bridgehead atoms. The number of carbonyl (C=O) groups is 1. The van der Waals surface area contributed by atoms with E-state index in [4.69, 9.17) is 4.74 Å². The van der Waals surface area contributed by atoms with E-state index in [1.807, 2.05) is 30.5 Å². The Bertz CT molecular complexity index is 847. The van der Waals surface area contributed by atoms with Crippen molar-refractivity contribution in [1.82, 2.24) is 4.98 Å². The normalized spacial score (nSPS) is 19.7. The maximum absolute atomic E-state index is 13.7. The van der Waals surface area contributed by atoms with Gasteiger partial charge in [-0.15, -0.1) is 11.8 Å². The van der Waals surface area contributed by atoms with Gasteiger partial charge in [0.2, 0.25) is 5.88 Å². The Labute approximate surface area is 168 Å². The Morgan fingerprint density at radius 1 is 1.32 bits per heavy atom. The molecule has 1 saturated carbocycles. The van der Waals surface area contributed by atoms with Crippen molar-refractivity contribution in [2.24, 2.45) is 11.8 Å². The molecule has 1 aromatic heterocycles. The van der Waals surface area contributed by atoms with Crippen LogP contribution in [-0.2, 0) is 0 Å². The second kappa shape index (κ2) is 9.85. The first-order valence-electron chi connectivity index (χ1n) is 9.40. The van der Waals surface area contributed by atoms with Gasteiger partial charge in [0.25, 0.3) is 0 Å². The summed E-state index contributed by atoms with van der Waals surface area (Å²) in [7, 11) is 0. The number of aliphatic hydroxyl groups excluding tert-OH is 1. The monoisotopic (exact) mass is 401 g/mol. The summed E-state index contributed by atoms with van der Waals surface area (Å²) in [5.74, 6) is 0.406. The Balaban J connectivity index is 1.74. The summed E-state index contributed by atoms with van der Waals surface area (Å²) in [6.45, 7) is 0.225. The number of hydrogen-bond acceptors (Lipinski definition) is 5. The van der Waals surface area contributed by atoms with Crippen LogP contribution in [0.15, 0.2) is 53.6 Å². The van der Waals surface area contributed by atoms with Gasteiger partial charge in [-0.05, 0) is 74.1 Å². The van der Waals surface area contributed by atoms with Crippen LogP contribution in [0, 0.1) is 17.7 Å². The van der Waals surface area contributed by atoms with Crippen LogP contribution in [0.3, 0.4) is 0 Å². The first-order valence-corrected chi connectivity index (χ1v) is 10.6. The summed E-state index contributed by atoms with van der Waals surface area (Å²) >= 11 is 1.58. The summed E-state index contributed by atoms with van der Waals surface area (Å²) < 4.78 is 19.5. The Morgan fingerprint density at radius 2 is 2.11 bits per heavy atom. The molecule has 0 aliphatic heterocycles. The third kappa shape index (κ3) is 5.42. The van der Waals surface area contributed by atoms with Crippen LogP contribution in [0.1, 0.15) is 36.0 Å². The molecular weight excluding hydrogens is 377 g/mol. The van der Waals surface area contributed by atoms with Gasteiger partial charge in [0.1, 0.15) is 11.6 Å². The highest BCUT2D eigenvalue weighted by atomic mass is 32.2. The summed E-state index contributed by atoms with van der Waals surface area (Å²) in [6, 6.07) is 8.59. The van der Waals surface area contributed by atoms with E-state index in [2.05, 4.69) is 4.98 Å². The number of nitrogens with zero attached hydrogens (tertiary/aromatic N) is 1. The fraction of sp³-hybridized carbons (Fsp3) is 0.364. The first-order chi connectivity index (χ1) is 13.6. The third-order valence-electron chi connectivity index (χ3n) is 5.01. The number of ketones is 1. The Hall–Kier alpha value is -2.18. The van der Waals surface area contributed by atoms with E-state index in [0.29, 0.717) is 17.6 Å². The van der Waals surface area contributed by atoms with Crippen molar-refractivity contribution >= 4 is 17.5 Å². The molecule has 1 aliphatic carbocycles. The second-order valence-electron chi connectivity index (χ2n) is 6.97. The zero-order valence-corrected chi connectivity index (χ0v) is 16.6. The molecule has 1 fully saturated rings. The molecule has 4 nitrogen and oxygen atoms in total. The number of benzene rings is 1. The molecule has 0 atom stereocenters. The fourth-order valence-corrected chi connectivity index (χ4v) is 3.79. The van der Waals surface area contributed by atoms with Gasteiger partial charge in [-0.25, -0.2) is 9.37 Å². The molecule has 2 aromatic rings. The maximum atomic E-state index is 13.7. The number of allylic oxidation sites excluding steroid dienone is 2. The number of thioether (sulfide) groups is 1. The molecule has 0 spiro atoms. The van der Waals surface area contributed by atoms with Gasteiger partial charge in [-0.2, -0.15) is 0 Å². The fourth-order valence-electron chi connectivity index (χ4n) is 3.34. The average molecular weight is 402 g/mol. The van der Waals surface area contributed by atoms with Crippen molar-refractivity contribution in [3.05, 3.63) is 60.1 Å². The van der Waals surface area contributed by atoms with Crippen LogP contribution in [-0.4, -0.2) is 28.7 Å². The highest BCUT2D eigenvalue weighted by Crippen LogP contribution is 2.30. The zero-order valence-electron chi connectivity index (χ0n) is 15.8. The number of aliphatic hydroxyl groups is 1. The van der Waals surface area contributed by atoms with E-state index >= 15 is 0 Å². The van der Waals surface area contributed by atoms with Gasteiger partial charge in [0, 0.05) is 11.5 Å². The van der Waals surface area contributed by atoms with Crippen molar-refractivity contribution in [1.29, 1.82) is 0 Å². The minimum absolute atomic E-state index is 0.0956. The molecule has 1 aromatic carbocycles. The minimum Gasteiger partial charge on any atom is -0.438 e. The summed E-state index contributed by atoms with van der Waals surface area (Å²) in [4.78, 5) is 17.7. The first kappa shape index (κ1) is 20.6. The van der Waals surface area contributed by atoms with Crippen LogP contribution in [0.25, 0.3) is 0 Å². The van der Waals surface area contributed by atoms with E-state index in [0.717, 1.165) is 42.8 Å². The minimum atomic E-state index is -0.578. The molecule has 148 valence electrons. The van der Waals surface area contributed by atoms with Crippen LogP contribution in [0.5, 0.6) is 11.6 Å². The predicted molar refractivity (Wildman–Crippen MR) is 108 cm³/mol. The lowest BCUT2D eigenvalue weighted by Crippen LogP contribution is -2.16. The van der Waals surface area contributed by atoms with Crippen LogP contribution in [0.2, 0.25) is 0 Å². The van der Waals surface area contributed by atoms with Crippen molar-refractivity contribution in [3.8, 4) is 11.6 Å². The number of ether oxygens (including phenoxy) is 1. The third-order valence-corrected chi connectivity index (χ3v) is 5.73. The van der Waals surface area contributed by atoms with E-state index in [1.54, 1.807) is 17.8 Å². The lowest BCUT2D eigenvalue weighted by Gasteiger charge is -2.24.